The summed E-state index contributed by atoms with van der Waals surface area (Å²) in [5, 5.41) is 6.98. The van der Waals surface area contributed by atoms with Crippen molar-refractivity contribution in [3.63, 3.8) is 0 Å². The molecule has 2 N–H and O–H groups in total. The van der Waals surface area contributed by atoms with Crippen LogP contribution in [0.3, 0.4) is 0 Å². The highest BCUT2D eigenvalue weighted by molar-refractivity contribution is 5.58. The molecular weight excluding hydrogens is 338 g/mol. The molecule has 4 rings (SSSR count). The summed E-state index contributed by atoms with van der Waals surface area (Å²) in [6.07, 6.45) is 2.67. The Labute approximate surface area is 159 Å². The molecule has 0 amide bonds. The third kappa shape index (κ3) is 3.75. The number of fused-ring (bicyclic) bond motifs is 1. The van der Waals surface area contributed by atoms with E-state index >= 15 is 0 Å². The predicted octanol–water partition coefficient (Wildman–Crippen LogP) is 3.37. The Hall–Kier alpha value is -2.99. The minimum atomic E-state index is 0.0885. The lowest BCUT2D eigenvalue weighted by Crippen LogP contribution is -2.27. The van der Waals surface area contributed by atoms with Crippen LogP contribution >= 0.6 is 0 Å². The van der Waals surface area contributed by atoms with E-state index in [0.717, 1.165) is 48.0 Å². The van der Waals surface area contributed by atoms with Gasteiger partial charge in [-0.1, -0.05) is 18.2 Å². The van der Waals surface area contributed by atoms with Crippen LogP contribution in [-0.2, 0) is 13.0 Å². The molecule has 6 nitrogen and oxygen atoms in total. The molecule has 27 heavy (non-hydrogen) atoms. The number of ether oxygens (including phenoxy) is 1. The lowest BCUT2D eigenvalue weighted by atomic mass is 10.0. The molecule has 1 atom stereocenters. The zero-order valence-electron chi connectivity index (χ0n) is 15.6. The van der Waals surface area contributed by atoms with Gasteiger partial charge in [-0.3, -0.25) is 4.98 Å². The van der Waals surface area contributed by atoms with Crippen LogP contribution in [0.25, 0.3) is 11.5 Å². The van der Waals surface area contributed by atoms with Gasteiger partial charge in [-0.2, -0.15) is 0 Å². The van der Waals surface area contributed by atoms with Gasteiger partial charge in [0.2, 0.25) is 0 Å². The first kappa shape index (κ1) is 17.4. The third-order valence-corrected chi connectivity index (χ3v) is 4.78. The van der Waals surface area contributed by atoms with Gasteiger partial charge in [-0.05, 0) is 49.7 Å². The number of anilines is 1. The summed E-state index contributed by atoms with van der Waals surface area (Å²) >= 11 is 0. The molecule has 0 radical (unpaired) electrons. The summed E-state index contributed by atoms with van der Waals surface area (Å²) in [6, 6.07) is 14.0. The second-order valence-electron chi connectivity index (χ2n) is 6.61. The fourth-order valence-electron chi connectivity index (χ4n) is 3.29. The summed E-state index contributed by atoms with van der Waals surface area (Å²) in [4.78, 5) is 14.0. The number of hydrogen-bond donors (Lipinski definition) is 2. The first-order valence-corrected chi connectivity index (χ1v) is 9.17. The van der Waals surface area contributed by atoms with Gasteiger partial charge in [0.1, 0.15) is 17.3 Å². The molecule has 0 bridgehead atoms. The first-order chi connectivity index (χ1) is 13.2. The van der Waals surface area contributed by atoms with Crippen LogP contribution in [0.4, 0.5) is 5.82 Å². The molecule has 1 aliphatic heterocycles. The van der Waals surface area contributed by atoms with Crippen LogP contribution < -0.4 is 15.4 Å². The fourth-order valence-corrected chi connectivity index (χ4v) is 3.29. The summed E-state index contributed by atoms with van der Waals surface area (Å²) in [5.74, 6) is 2.39. The molecule has 3 aromatic rings. The maximum atomic E-state index is 5.35. The molecule has 3 heterocycles. The minimum Gasteiger partial charge on any atom is -0.497 e. The smallest absolute Gasteiger partial charge is 0.180 e. The number of hydrogen-bond acceptors (Lipinski definition) is 6. The van der Waals surface area contributed by atoms with Crippen molar-refractivity contribution in [2.24, 2.45) is 0 Å². The van der Waals surface area contributed by atoms with Crippen molar-refractivity contribution in [3.05, 3.63) is 65.5 Å². The molecule has 0 fully saturated rings. The summed E-state index contributed by atoms with van der Waals surface area (Å²) < 4.78 is 5.35. The average Bonchev–Trinajstić information content (AvgIpc) is 2.74. The van der Waals surface area contributed by atoms with E-state index in [9.17, 15) is 0 Å². The molecular formula is C21H23N5O. The van der Waals surface area contributed by atoms with Gasteiger partial charge in [0, 0.05) is 18.3 Å². The second kappa shape index (κ2) is 7.72. The standard InChI is InChI=1S/C21H23N5O/c1-14(15-6-5-7-16(12-15)27-2)24-20-17-9-11-22-13-19(17)25-21(26-20)18-8-3-4-10-23-18/h3-8,10,12,14,22H,9,11,13H2,1-2H3,(H,24,25,26)/t14-/m1/s1. The molecule has 0 aliphatic carbocycles. The van der Waals surface area contributed by atoms with Crippen molar-refractivity contribution in [1.29, 1.82) is 0 Å². The highest BCUT2D eigenvalue weighted by Crippen LogP contribution is 2.28. The summed E-state index contributed by atoms with van der Waals surface area (Å²) in [6.45, 7) is 3.81. The quantitative estimate of drug-likeness (QED) is 0.726. The topological polar surface area (TPSA) is 72.0 Å². The first-order valence-electron chi connectivity index (χ1n) is 9.17. The molecule has 138 valence electrons. The highest BCUT2D eigenvalue weighted by Gasteiger charge is 2.20. The number of rotatable bonds is 5. The average molecular weight is 361 g/mol. The van der Waals surface area contributed by atoms with E-state index in [1.165, 1.54) is 5.56 Å². The van der Waals surface area contributed by atoms with Crippen LogP contribution in [0.2, 0.25) is 0 Å². The van der Waals surface area contributed by atoms with E-state index in [4.69, 9.17) is 14.7 Å². The van der Waals surface area contributed by atoms with Crippen LogP contribution in [0, 0.1) is 0 Å². The number of nitrogens with zero attached hydrogens (tertiary/aromatic N) is 3. The van der Waals surface area contributed by atoms with Crippen molar-refractivity contribution in [2.45, 2.75) is 25.9 Å². The number of nitrogens with one attached hydrogen (secondary N) is 2. The third-order valence-electron chi connectivity index (χ3n) is 4.78. The van der Waals surface area contributed by atoms with Crippen molar-refractivity contribution < 1.29 is 4.74 Å². The van der Waals surface area contributed by atoms with E-state index in [-0.39, 0.29) is 6.04 Å². The van der Waals surface area contributed by atoms with Crippen LogP contribution in [-0.4, -0.2) is 28.6 Å². The van der Waals surface area contributed by atoms with Gasteiger partial charge in [0.05, 0.1) is 18.8 Å². The van der Waals surface area contributed by atoms with E-state index in [0.29, 0.717) is 5.82 Å². The Morgan fingerprint density at radius 1 is 1.15 bits per heavy atom. The normalized spacial score (nSPS) is 14.3. The Kier molecular flexibility index (Phi) is 4.98. The summed E-state index contributed by atoms with van der Waals surface area (Å²) in [7, 11) is 1.68. The second-order valence-corrected chi connectivity index (χ2v) is 6.61. The largest absolute Gasteiger partial charge is 0.497 e. The molecule has 6 heteroatoms. The number of benzene rings is 1. The summed E-state index contributed by atoms with van der Waals surface area (Å²) in [5.41, 5.74) is 4.15. The Bertz CT molecular complexity index is 929. The van der Waals surface area contributed by atoms with Crippen LogP contribution in [0.15, 0.2) is 48.7 Å². The van der Waals surface area contributed by atoms with Gasteiger partial charge in [-0.15, -0.1) is 0 Å². The van der Waals surface area contributed by atoms with Crippen molar-refractivity contribution in [2.75, 3.05) is 19.0 Å². The van der Waals surface area contributed by atoms with E-state index in [2.05, 4.69) is 28.6 Å². The van der Waals surface area contributed by atoms with Crippen LogP contribution in [0.1, 0.15) is 29.8 Å². The minimum absolute atomic E-state index is 0.0885. The molecule has 0 saturated heterocycles. The number of methoxy groups -OCH3 is 1. The van der Waals surface area contributed by atoms with Crippen LogP contribution in [0.5, 0.6) is 5.75 Å². The van der Waals surface area contributed by atoms with Crippen molar-refractivity contribution >= 4 is 5.82 Å². The monoisotopic (exact) mass is 361 g/mol. The molecule has 0 unspecified atom stereocenters. The number of aromatic nitrogens is 3. The SMILES string of the molecule is COc1cccc([C@@H](C)Nc2nc(-c3ccccn3)nc3c2CCNC3)c1. The van der Waals surface area contributed by atoms with Crippen molar-refractivity contribution in [1.82, 2.24) is 20.3 Å². The lowest BCUT2D eigenvalue weighted by Gasteiger charge is -2.23. The zero-order valence-corrected chi connectivity index (χ0v) is 15.6. The maximum Gasteiger partial charge on any atom is 0.180 e. The Morgan fingerprint density at radius 2 is 2.07 bits per heavy atom. The van der Waals surface area contributed by atoms with Gasteiger partial charge in [0.15, 0.2) is 5.82 Å². The van der Waals surface area contributed by atoms with E-state index < -0.39 is 0 Å². The predicted molar refractivity (Wildman–Crippen MR) is 106 cm³/mol. The van der Waals surface area contributed by atoms with Gasteiger partial charge in [0.25, 0.3) is 0 Å². The maximum absolute atomic E-state index is 5.35. The fraction of sp³-hybridized carbons (Fsp3) is 0.286. The Morgan fingerprint density at radius 3 is 2.89 bits per heavy atom. The van der Waals surface area contributed by atoms with Gasteiger partial charge < -0.3 is 15.4 Å². The highest BCUT2D eigenvalue weighted by atomic mass is 16.5. The van der Waals surface area contributed by atoms with E-state index in [1.54, 1.807) is 13.3 Å². The van der Waals surface area contributed by atoms with Gasteiger partial charge in [-0.25, -0.2) is 9.97 Å². The zero-order chi connectivity index (χ0) is 18.6. The van der Waals surface area contributed by atoms with Gasteiger partial charge >= 0.3 is 0 Å². The molecule has 1 aromatic carbocycles. The molecule has 1 aliphatic rings. The molecule has 0 spiro atoms. The molecule has 2 aromatic heterocycles. The lowest BCUT2D eigenvalue weighted by molar-refractivity contribution is 0.414. The Balaban J connectivity index is 1.70. The number of pyridine rings is 1. The van der Waals surface area contributed by atoms with Crippen molar-refractivity contribution in [3.8, 4) is 17.3 Å². The van der Waals surface area contributed by atoms with E-state index in [1.807, 2.05) is 36.4 Å². The molecule has 0 saturated carbocycles.